The Bertz CT molecular complexity index is 1230. The van der Waals surface area contributed by atoms with Gasteiger partial charge in [0.2, 0.25) is 5.91 Å². The molecule has 0 saturated heterocycles. The van der Waals surface area contributed by atoms with Gasteiger partial charge in [0.15, 0.2) is 6.61 Å². The van der Waals surface area contributed by atoms with E-state index >= 15 is 0 Å². The van der Waals surface area contributed by atoms with Gasteiger partial charge in [-0.3, -0.25) is 9.59 Å². The molecule has 2 amide bonds. The van der Waals surface area contributed by atoms with E-state index in [-0.39, 0.29) is 31.0 Å². The lowest BCUT2D eigenvalue weighted by Gasteiger charge is -2.32. The van der Waals surface area contributed by atoms with Crippen LogP contribution in [0.1, 0.15) is 31.4 Å². The first-order chi connectivity index (χ1) is 18.7. The lowest BCUT2D eigenvalue weighted by Crippen LogP contribution is -2.53. The highest BCUT2D eigenvalue weighted by Gasteiger charge is 2.31. The average molecular weight is 574 g/mol. The maximum Gasteiger partial charge on any atom is 0.261 e. The highest BCUT2D eigenvalue weighted by Crippen LogP contribution is 2.28. The second kappa shape index (κ2) is 14.7. The van der Waals surface area contributed by atoms with Crippen molar-refractivity contribution in [2.75, 3.05) is 20.8 Å². The summed E-state index contributed by atoms with van der Waals surface area (Å²) in [5.41, 5.74) is 1.65. The van der Waals surface area contributed by atoms with Gasteiger partial charge in [-0.15, -0.1) is 0 Å². The minimum Gasteiger partial charge on any atom is -0.496 e. The van der Waals surface area contributed by atoms with Crippen molar-refractivity contribution in [1.82, 2.24) is 10.2 Å². The van der Waals surface area contributed by atoms with Crippen molar-refractivity contribution in [3.63, 3.8) is 0 Å². The fourth-order valence-corrected chi connectivity index (χ4v) is 4.24. The first-order valence-corrected chi connectivity index (χ1v) is 13.4. The second-order valence-corrected chi connectivity index (χ2v) is 9.94. The van der Waals surface area contributed by atoms with Crippen molar-refractivity contribution >= 4 is 35.0 Å². The Balaban J connectivity index is 1.95. The minimum absolute atomic E-state index is 0.0572. The van der Waals surface area contributed by atoms with Crippen LogP contribution in [0, 0.1) is 0 Å². The summed E-state index contributed by atoms with van der Waals surface area (Å²) in [6, 6.07) is 18.9. The van der Waals surface area contributed by atoms with Crippen molar-refractivity contribution in [2.24, 2.45) is 0 Å². The molecule has 0 heterocycles. The fraction of sp³-hybridized carbons (Fsp3) is 0.333. The summed E-state index contributed by atoms with van der Waals surface area (Å²) in [4.78, 5) is 28.9. The normalized spacial score (nSPS) is 12.3. The Morgan fingerprint density at radius 2 is 1.51 bits per heavy atom. The Kier molecular flexibility index (Phi) is 11.3. The lowest BCUT2D eigenvalue weighted by molar-refractivity contribution is -0.143. The third kappa shape index (κ3) is 8.80. The van der Waals surface area contributed by atoms with Crippen molar-refractivity contribution in [3.8, 4) is 17.2 Å². The molecule has 9 heteroatoms. The largest absolute Gasteiger partial charge is 0.496 e. The summed E-state index contributed by atoms with van der Waals surface area (Å²) in [6.45, 7) is 3.75. The number of nitrogens with one attached hydrogen (secondary N) is 1. The molecule has 2 atom stereocenters. The zero-order valence-corrected chi connectivity index (χ0v) is 24.1. The Hall–Kier alpha value is -3.42. The van der Waals surface area contributed by atoms with E-state index in [1.54, 1.807) is 36.4 Å². The molecule has 0 aliphatic carbocycles. The number of hydrogen-bond donors (Lipinski definition) is 1. The van der Waals surface area contributed by atoms with Crippen LogP contribution >= 0.6 is 23.2 Å². The Morgan fingerprint density at radius 1 is 0.872 bits per heavy atom. The second-order valence-electron chi connectivity index (χ2n) is 9.13. The van der Waals surface area contributed by atoms with Crippen molar-refractivity contribution in [2.45, 2.75) is 45.3 Å². The highest BCUT2D eigenvalue weighted by atomic mass is 35.5. The fourth-order valence-electron chi connectivity index (χ4n) is 3.92. The van der Waals surface area contributed by atoms with Crippen LogP contribution < -0.4 is 19.5 Å². The number of rotatable bonds is 13. The summed E-state index contributed by atoms with van der Waals surface area (Å²) in [5, 5.41) is 3.81. The van der Waals surface area contributed by atoms with Gasteiger partial charge in [-0.1, -0.05) is 66.5 Å². The van der Waals surface area contributed by atoms with Crippen LogP contribution in [0.2, 0.25) is 10.0 Å². The van der Waals surface area contributed by atoms with Crippen LogP contribution in [0.4, 0.5) is 0 Å². The Morgan fingerprint density at radius 3 is 2.10 bits per heavy atom. The molecule has 0 spiro atoms. The number of ether oxygens (including phenoxy) is 3. The zero-order valence-electron chi connectivity index (χ0n) is 22.6. The number of nitrogens with zero attached hydrogens (tertiary/aromatic N) is 1. The van der Waals surface area contributed by atoms with Crippen LogP contribution in [-0.4, -0.2) is 49.6 Å². The molecule has 0 aromatic heterocycles. The number of carbonyl (C=O) groups excluding carboxylic acids is 2. The average Bonchev–Trinajstić information content (AvgIpc) is 2.95. The molecular weight excluding hydrogens is 539 g/mol. The van der Waals surface area contributed by atoms with Crippen LogP contribution in [-0.2, 0) is 22.6 Å². The molecule has 3 aromatic rings. The topological polar surface area (TPSA) is 77.1 Å². The van der Waals surface area contributed by atoms with Gasteiger partial charge in [0, 0.05) is 37.2 Å². The van der Waals surface area contributed by atoms with E-state index in [2.05, 4.69) is 5.32 Å². The number of carbonyl (C=O) groups is 2. The number of amides is 2. The highest BCUT2D eigenvalue weighted by molar-refractivity contribution is 6.42. The van der Waals surface area contributed by atoms with Crippen LogP contribution in [0.5, 0.6) is 17.2 Å². The molecule has 7 nitrogen and oxygen atoms in total. The third-order valence-electron chi connectivity index (χ3n) is 6.30. The van der Waals surface area contributed by atoms with Crippen LogP contribution in [0.25, 0.3) is 0 Å². The summed E-state index contributed by atoms with van der Waals surface area (Å²) < 4.78 is 16.5. The number of benzene rings is 3. The van der Waals surface area contributed by atoms with E-state index in [0.717, 1.165) is 17.5 Å². The van der Waals surface area contributed by atoms with Gasteiger partial charge >= 0.3 is 0 Å². The SMILES string of the molecule is CC[C@H](C)NC(=O)[C@H](Cc1ccccc1)N(Cc1ccc(Cl)c(Cl)c1)C(=O)COc1cc(OC)cc(OC)c1. The van der Waals surface area contributed by atoms with E-state index in [1.807, 2.05) is 44.2 Å². The predicted octanol–water partition coefficient (Wildman–Crippen LogP) is 5.94. The molecule has 0 fully saturated rings. The molecule has 0 bridgehead atoms. The third-order valence-corrected chi connectivity index (χ3v) is 7.04. The monoisotopic (exact) mass is 572 g/mol. The maximum atomic E-state index is 13.8. The molecule has 0 aliphatic heterocycles. The first-order valence-electron chi connectivity index (χ1n) is 12.7. The van der Waals surface area contributed by atoms with E-state index in [1.165, 1.54) is 19.1 Å². The zero-order chi connectivity index (χ0) is 28.4. The number of methoxy groups -OCH3 is 2. The van der Waals surface area contributed by atoms with Crippen LogP contribution in [0.3, 0.4) is 0 Å². The molecule has 0 saturated carbocycles. The van der Waals surface area contributed by atoms with Crippen molar-refractivity contribution < 1.29 is 23.8 Å². The summed E-state index contributed by atoms with van der Waals surface area (Å²) in [5.74, 6) is 0.837. The number of halogens is 2. The van der Waals surface area contributed by atoms with Gasteiger partial charge in [0.25, 0.3) is 5.91 Å². The lowest BCUT2D eigenvalue weighted by atomic mass is 10.0. The van der Waals surface area contributed by atoms with E-state index < -0.39 is 6.04 Å². The smallest absolute Gasteiger partial charge is 0.261 e. The molecule has 3 rings (SSSR count). The molecule has 39 heavy (non-hydrogen) atoms. The standard InChI is InChI=1S/C30H34Cl2N2O5/c1-5-20(2)33-30(36)28(14-21-9-7-6-8-10-21)34(18-22-11-12-26(31)27(32)13-22)29(35)19-39-25-16-23(37-3)15-24(17-25)38-4/h6-13,15-17,20,28H,5,14,18-19H2,1-4H3,(H,33,36)/t20-,28-/m0/s1. The van der Waals surface area contributed by atoms with Gasteiger partial charge < -0.3 is 24.4 Å². The van der Waals surface area contributed by atoms with Gasteiger partial charge in [0.05, 0.1) is 24.3 Å². The summed E-state index contributed by atoms with van der Waals surface area (Å²) >= 11 is 12.4. The molecular formula is C30H34Cl2N2O5. The van der Waals surface area contributed by atoms with E-state index in [4.69, 9.17) is 37.4 Å². The molecule has 3 aromatic carbocycles. The van der Waals surface area contributed by atoms with E-state index in [9.17, 15) is 9.59 Å². The van der Waals surface area contributed by atoms with Gasteiger partial charge in [0.1, 0.15) is 23.3 Å². The quantitative estimate of drug-likeness (QED) is 0.274. The van der Waals surface area contributed by atoms with Crippen molar-refractivity contribution in [3.05, 3.63) is 87.9 Å². The van der Waals surface area contributed by atoms with Crippen molar-refractivity contribution in [1.29, 1.82) is 0 Å². The first kappa shape index (κ1) is 30.1. The van der Waals surface area contributed by atoms with Gasteiger partial charge in [-0.05, 0) is 36.6 Å². The summed E-state index contributed by atoms with van der Waals surface area (Å²) in [7, 11) is 3.07. The molecule has 0 unspecified atom stereocenters. The predicted molar refractivity (Wildman–Crippen MR) is 154 cm³/mol. The van der Waals surface area contributed by atoms with Gasteiger partial charge in [-0.2, -0.15) is 0 Å². The summed E-state index contributed by atoms with van der Waals surface area (Å²) in [6.07, 6.45) is 1.08. The molecule has 1 N–H and O–H groups in total. The number of hydrogen-bond acceptors (Lipinski definition) is 5. The van der Waals surface area contributed by atoms with E-state index in [0.29, 0.717) is 33.7 Å². The molecule has 0 aliphatic rings. The van der Waals surface area contributed by atoms with Crippen LogP contribution in [0.15, 0.2) is 66.7 Å². The molecule has 0 radical (unpaired) electrons. The maximum absolute atomic E-state index is 13.8. The molecule has 208 valence electrons. The Labute approximate surface area is 240 Å². The van der Waals surface area contributed by atoms with Gasteiger partial charge in [-0.25, -0.2) is 0 Å². The minimum atomic E-state index is -0.799.